The van der Waals surface area contributed by atoms with Crippen LogP contribution in [0.3, 0.4) is 0 Å². The van der Waals surface area contributed by atoms with E-state index in [4.69, 9.17) is 5.41 Å². The second-order valence-corrected chi connectivity index (χ2v) is 1.62. The molecule has 1 aliphatic rings. The third-order valence-electron chi connectivity index (χ3n) is 0.979. The van der Waals surface area contributed by atoms with Crippen molar-refractivity contribution in [2.45, 2.75) is 6.10 Å². The number of hydrogen-bond acceptors (Lipinski definition) is 2. The first kappa shape index (κ1) is 5.25. The van der Waals surface area contributed by atoms with Crippen molar-refractivity contribution in [1.29, 1.82) is 5.41 Å². The van der Waals surface area contributed by atoms with E-state index < -0.39 is 6.10 Å². The maximum atomic E-state index is 10.5. The van der Waals surface area contributed by atoms with Gasteiger partial charge in [0.15, 0.2) is 0 Å². The van der Waals surface area contributed by atoms with Gasteiger partial charge >= 0.3 is 0 Å². The summed E-state index contributed by atoms with van der Waals surface area (Å²) in [5.74, 6) is 0. The topological polar surface area (TPSA) is 46.9 Å². The van der Waals surface area contributed by atoms with Crippen LogP contribution in [0.25, 0.3) is 0 Å². The minimum atomic E-state index is -0.931. The Morgan fingerprint density at radius 1 is 1.50 bits per heavy atom. The maximum Gasteiger partial charge on any atom is 0.0216 e. The normalized spacial score (nSPS) is 26.6. The standard InChI is InChI=1S/C6H6NO/c7-5-3-1-2-4-6(5)8/h1-4,6-7H/q-1. The minimum absolute atomic E-state index is 0.146. The second kappa shape index (κ2) is 1.92. The summed E-state index contributed by atoms with van der Waals surface area (Å²) in [6.07, 6.45) is 5.40. The molecule has 0 spiro atoms. The smallest absolute Gasteiger partial charge is 0.0216 e. The molecule has 1 N–H and O–H groups in total. The van der Waals surface area contributed by atoms with Gasteiger partial charge in [-0.2, -0.15) is 0 Å². The summed E-state index contributed by atoms with van der Waals surface area (Å²) in [4.78, 5) is 0. The van der Waals surface area contributed by atoms with Crippen LogP contribution in [0, 0.1) is 5.41 Å². The van der Waals surface area contributed by atoms with Crippen molar-refractivity contribution >= 4 is 5.71 Å². The Labute approximate surface area is 47.7 Å². The molecule has 8 heavy (non-hydrogen) atoms. The van der Waals surface area contributed by atoms with Gasteiger partial charge in [0, 0.05) is 5.71 Å². The van der Waals surface area contributed by atoms with Crippen LogP contribution in [0.15, 0.2) is 24.3 Å². The highest BCUT2D eigenvalue weighted by Gasteiger charge is 1.94. The summed E-state index contributed by atoms with van der Waals surface area (Å²) in [5, 5.41) is 17.5. The van der Waals surface area contributed by atoms with Crippen molar-refractivity contribution < 1.29 is 5.11 Å². The highest BCUT2D eigenvalue weighted by atomic mass is 16.3. The van der Waals surface area contributed by atoms with E-state index >= 15 is 0 Å². The molecular formula is C6H6NO-. The lowest BCUT2D eigenvalue weighted by molar-refractivity contribution is -0.379. The molecule has 0 radical (unpaired) electrons. The Morgan fingerprint density at radius 2 is 2.25 bits per heavy atom. The predicted molar refractivity (Wildman–Crippen MR) is 29.8 cm³/mol. The molecule has 0 aromatic rings. The molecule has 0 fully saturated rings. The number of hydrogen-bond donors (Lipinski definition) is 1. The van der Waals surface area contributed by atoms with Gasteiger partial charge in [-0.1, -0.05) is 24.3 Å². The lowest BCUT2D eigenvalue weighted by Crippen LogP contribution is -2.31. The van der Waals surface area contributed by atoms with E-state index in [1.54, 1.807) is 12.2 Å². The van der Waals surface area contributed by atoms with Gasteiger partial charge in [-0.05, 0) is 6.08 Å². The van der Waals surface area contributed by atoms with Gasteiger partial charge in [-0.3, -0.25) is 0 Å². The van der Waals surface area contributed by atoms with E-state index in [1.165, 1.54) is 12.2 Å². The van der Waals surface area contributed by atoms with Crippen molar-refractivity contribution in [3.63, 3.8) is 0 Å². The van der Waals surface area contributed by atoms with E-state index in [1.807, 2.05) is 0 Å². The first-order chi connectivity index (χ1) is 3.80. The van der Waals surface area contributed by atoms with Gasteiger partial charge in [0.25, 0.3) is 0 Å². The molecule has 0 aromatic carbocycles. The maximum absolute atomic E-state index is 10.5. The average molecular weight is 108 g/mol. The Hall–Kier alpha value is -0.890. The molecule has 0 aliphatic heterocycles. The molecule has 42 valence electrons. The Bertz CT molecular complexity index is 158. The molecule has 2 nitrogen and oxygen atoms in total. The average Bonchev–Trinajstić information content (AvgIpc) is 1.77. The van der Waals surface area contributed by atoms with Gasteiger partial charge in [0.2, 0.25) is 0 Å². The largest absolute Gasteiger partial charge is 0.844 e. The lowest BCUT2D eigenvalue weighted by atomic mass is 10.1. The zero-order valence-electron chi connectivity index (χ0n) is 4.29. The number of rotatable bonds is 0. The highest BCUT2D eigenvalue weighted by Crippen LogP contribution is 1.94. The van der Waals surface area contributed by atoms with Crippen LogP contribution < -0.4 is 5.11 Å². The zero-order valence-corrected chi connectivity index (χ0v) is 4.29. The van der Waals surface area contributed by atoms with Crippen LogP contribution in [0.5, 0.6) is 0 Å². The molecule has 1 aliphatic carbocycles. The van der Waals surface area contributed by atoms with Gasteiger partial charge in [-0.15, -0.1) is 0 Å². The molecule has 0 saturated carbocycles. The quantitative estimate of drug-likeness (QED) is 0.461. The van der Waals surface area contributed by atoms with Crippen molar-refractivity contribution in [1.82, 2.24) is 0 Å². The number of nitrogens with one attached hydrogen (secondary N) is 1. The van der Waals surface area contributed by atoms with Crippen LogP contribution >= 0.6 is 0 Å². The highest BCUT2D eigenvalue weighted by molar-refractivity contribution is 5.98. The van der Waals surface area contributed by atoms with Gasteiger partial charge in [0.05, 0.1) is 0 Å². The summed E-state index contributed by atoms with van der Waals surface area (Å²) in [5.41, 5.74) is 0.146. The van der Waals surface area contributed by atoms with E-state index in [2.05, 4.69) is 0 Å². The molecule has 1 atom stereocenters. The Balaban J connectivity index is 2.74. The third-order valence-corrected chi connectivity index (χ3v) is 0.979. The first-order valence-corrected chi connectivity index (χ1v) is 2.40. The molecule has 0 bridgehead atoms. The summed E-state index contributed by atoms with van der Waals surface area (Å²) >= 11 is 0. The van der Waals surface area contributed by atoms with Crippen molar-refractivity contribution in [2.24, 2.45) is 0 Å². The predicted octanol–water partition coefficient (Wildman–Crippen LogP) is -0.139. The summed E-state index contributed by atoms with van der Waals surface area (Å²) < 4.78 is 0. The molecule has 1 unspecified atom stereocenters. The molecule has 0 aromatic heterocycles. The summed E-state index contributed by atoms with van der Waals surface area (Å²) in [6.45, 7) is 0. The van der Waals surface area contributed by atoms with Crippen molar-refractivity contribution in [3.05, 3.63) is 24.3 Å². The van der Waals surface area contributed by atoms with Gasteiger partial charge < -0.3 is 10.5 Å². The third kappa shape index (κ3) is 0.845. The van der Waals surface area contributed by atoms with Crippen molar-refractivity contribution in [3.8, 4) is 0 Å². The lowest BCUT2D eigenvalue weighted by Gasteiger charge is -2.17. The van der Waals surface area contributed by atoms with Crippen molar-refractivity contribution in [2.75, 3.05) is 0 Å². The van der Waals surface area contributed by atoms with Gasteiger partial charge in [-0.25, -0.2) is 0 Å². The van der Waals surface area contributed by atoms with E-state index in [9.17, 15) is 5.11 Å². The SMILES string of the molecule is N=C1C=CC=CC1[O-]. The Morgan fingerprint density at radius 3 is 2.62 bits per heavy atom. The summed E-state index contributed by atoms with van der Waals surface area (Å²) in [6, 6.07) is 0. The van der Waals surface area contributed by atoms with Crippen LogP contribution in [0.4, 0.5) is 0 Å². The number of allylic oxidation sites excluding steroid dienone is 2. The minimum Gasteiger partial charge on any atom is -0.844 e. The molecule has 2 heteroatoms. The molecule has 0 heterocycles. The van der Waals surface area contributed by atoms with Crippen LogP contribution in [0.2, 0.25) is 0 Å². The summed E-state index contributed by atoms with van der Waals surface area (Å²) in [7, 11) is 0. The monoisotopic (exact) mass is 108 g/mol. The molecule has 0 saturated heterocycles. The van der Waals surface area contributed by atoms with Gasteiger partial charge in [0.1, 0.15) is 0 Å². The molecule has 0 amide bonds. The first-order valence-electron chi connectivity index (χ1n) is 2.40. The van der Waals surface area contributed by atoms with E-state index in [0.717, 1.165) is 0 Å². The Kier molecular flexibility index (Phi) is 1.26. The van der Waals surface area contributed by atoms with Crippen LogP contribution in [-0.4, -0.2) is 11.8 Å². The zero-order chi connectivity index (χ0) is 5.98. The van der Waals surface area contributed by atoms with Crippen LogP contribution in [-0.2, 0) is 0 Å². The molecular weight excluding hydrogens is 102 g/mol. The van der Waals surface area contributed by atoms with E-state index in [0.29, 0.717) is 0 Å². The fraction of sp³-hybridized carbons (Fsp3) is 0.167. The van der Waals surface area contributed by atoms with E-state index in [-0.39, 0.29) is 5.71 Å². The molecule has 1 rings (SSSR count). The van der Waals surface area contributed by atoms with Crippen LogP contribution in [0.1, 0.15) is 0 Å². The fourth-order valence-electron chi connectivity index (χ4n) is 0.523. The fourth-order valence-corrected chi connectivity index (χ4v) is 0.523. The second-order valence-electron chi connectivity index (χ2n) is 1.62.